The molecule has 20 heavy (non-hydrogen) atoms. The zero-order chi connectivity index (χ0) is 14.8. The second-order valence-electron chi connectivity index (χ2n) is 5.32. The van der Waals surface area contributed by atoms with Crippen molar-refractivity contribution in [2.24, 2.45) is 0 Å². The van der Waals surface area contributed by atoms with Gasteiger partial charge in [0.2, 0.25) is 10.0 Å². The fourth-order valence-electron chi connectivity index (χ4n) is 2.42. The van der Waals surface area contributed by atoms with Crippen LogP contribution in [0.4, 0.5) is 0 Å². The van der Waals surface area contributed by atoms with Crippen LogP contribution in [0.3, 0.4) is 0 Å². The van der Waals surface area contributed by atoms with E-state index in [1.54, 1.807) is 29.4 Å². The Hall–Kier alpha value is -0.950. The molecule has 1 aliphatic rings. The molecule has 0 atom stereocenters. The molecular formula is C14H22N2O3S. The smallest absolute Gasteiger partial charge is 0.243 e. The van der Waals surface area contributed by atoms with Crippen LogP contribution in [0.5, 0.6) is 0 Å². The number of benzene rings is 1. The molecule has 6 heteroatoms. The topological polar surface area (TPSA) is 60.9 Å². The molecule has 0 aromatic heterocycles. The third-order valence-corrected chi connectivity index (χ3v) is 5.77. The van der Waals surface area contributed by atoms with Crippen molar-refractivity contribution in [1.29, 1.82) is 0 Å². The number of aryl methyl sites for hydroxylation is 1. The number of nitrogens with zero attached hydrogens (tertiary/aromatic N) is 2. The lowest BCUT2D eigenvalue weighted by atomic mass is 10.2. The number of likely N-dealkylation sites (N-methyl/N-ethyl adjacent to an activating group) is 1. The number of rotatable bonds is 3. The summed E-state index contributed by atoms with van der Waals surface area (Å²) in [5, 5.41) is 9.19. The van der Waals surface area contributed by atoms with Gasteiger partial charge in [-0.25, -0.2) is 8.42 Å². The highest BCUT2D eigenvalue weighted by atomic mass is 32.2. The van der Waals surface area contributed by atoms with Crippen LogP contribution in [-0.2, 0) is 16.6 Å². The predicted molar refractivity (Wildman–Crippen MR) is 78.0 cm³/mol. The molecule has 0 spiro atoms. The molecule has 1 heterocycles. The van der Waals surface area contributed by atoms with Crippen LogP contribution in [0.25, 0.3) is 0 Å². The average Bonchev–Trinajstić information content (AvgIpc) is 2.64. The van der Waals surface area contributed by atoms with Gasteiger partial charge in [0, 0.05) is 19.6 Å². The molecule has 1 aromatic carbocycles. The summed E-state index contributed by atoms with van der Waals surface area (Å²) in [7, 11) is -1.47. The minimum atomic E-state index is -3.48. The number of hydrogen-bond acceptors (Lipinski definition) is 4. The van der Waals surface area contributed by atoms with Crippen molar-refractivity contribution in [3.8, 4) is 0 Å². The maximum atomic E-state index is 12.8. The Morgan fingerprint density at radius 2 is 1.95 bits per heavy atom. The SMILES string of the molecule is Cc1ccc(CO)cc1S(=O)(=O)N1CCCN(C)CC1. The molecule has 0 aliphatic carbocycles. The Bertz CT molecular complexity index is 572. The highest BCUT2D eigenvalue weighted by molar-refractivity contribution is 7.89. The Morgan fingerprint density at radius 1 is 1.20 bits per heavy atom. The monoisotopic (exact) mass is 298 g/mol. The summed E-state index contributed by atoms with van der Waals surface area (Å²) in [6, 6.07) is 5.09. The van der Waals surface area contributed by atoms with Crippen LogP contribution in [0.15, 0.2) is 23.1 Å². The molecule has 1 fully saturated rings. The lowest BCUT2D eigenvalue weighted by Gasteiger charge is -2.21. The molecule has 0 radical (unpaired) electrons. The Kier molecular flexibility index (Phi) is 4.80. The molecule has 1 saturated heterocycles. The van der Waals surface area contributed by atoms with Gasteiger partial charge in [0.05, 0.1) is 11.5 Å². The van der Waals surface area contributed by atoms with Crippen molar-refractivity contribution >= 4 is 10.0 Å². The maximum Gasteiger partial charge on any atom is 0.243 e. The highest BCUT2D eigenvalue weighted by Crippen LogP contribution is 2.22. The van der Waals surface area contributed by atoms with Crippen LogP contribution in [0, 0.1) is 6.92 Å². The average molecular weight is 298 g/mol. The third kappa shape index (κ3) is 3.20. The molecule has 0 saturated carbocycles. The van der Waals surface area contributed by atoms with Crippen LogP contribution < -0.4 is 0 Å². The number of hydrogen-bond donors (Lipinski definition) is 1. The van der Waals surface area contributed by atoms with Gasteiger partial charge in [-0.15, -0.1) is 0 Å². The highest BCUT2D eigenvalue weighted by Gasteiger charge is 2.27. The van der Waals surface area contributed by atoms with E-state index in [0.29, 0.717) is 23.5 Å². The summed E-state index contributed by atoms with van der Waals surface area (Å²) in [6.07, 6.45) is 0.842. The van der Waals surface area contributed by atoms with Gasteiger partial charge in [0.15, 0.2) is 0 Å². The molecule has 5 nitrogen and oxygen atoms in total. The quantitative estimate of drug-likeness (QED) is 0.897. The predicted octanol–water partition coefficient (Wildman–Crippen LogP) is 0.814. The zero-order valence-corrected chi connectivity index (χ0v) is 12.9. The molecule has 112 valence electrons. The third-order valence-electron chi connectivity index (χ3n) is 3.73. The van der Waals surface area contributed by atoms with E-state index < -0.39 is 10.0 Å². The van der Waals surface area contributed by atoms with Crippen molar-refractivity contribution in [1.82, 2.24) is 9.21 Å². The molecule has 1 aliphatic heterocycles. The first kappa shape index (κ1) is 15.4. The van der Waals surface area contributed by atoms with Crippen LogP contribution in [0.1, 0.15) is 17.5 Å². The molecule has 0 amide bonds. The van der Waals surface area contributed by atoms with E-state index in [-0.39, 0.29) is 6.61 Å². The van der Waals surface area contributed by atoms with Gasteiger partial charge in [0.1, 0.15) is 0 Å². The summed E-state index contributed by atoms with van der Waals surface area (Å²) >= 11 is 0. The molecule has 0 bridgehead atoms. The summed E-state index contributed by atoms with van der Waals surface area (Å²) < 4.78 is 27.1. The minimum Gasteiger partial charge on any atom is -0.392 e. The largest absolute Gasteiger partial charge is 0.392 e. The van der Waals surface area contributed by atoms with E-state index in [9.17, 15) is 13.5 Å². The van der Waals surface area contributed by atoms with Crippen molar-refractivity contribution in [3.63, 3.8) is 0 Å². The van der Waals surface area contributed by atoms with Gasteiger partial charge in [-0.3, -0.25) is 0 Å². The second-order valence-corrected chi connectivity index (χ2v) is 7.23. The second kappa shape index (κ2) is 6.22. The van der Waals surface area contributed by atoms with E-state index >= 15 is 0 Å². The molecule has 1 N–H and O–H groups in total. The molecule has 0 unspecified atom stereocenters. The Morgan fingerprint density at radius 3 is 2.65 bits per heavy atom. The van der Waals surface area contributed by atoms with E-state index in [0.717, 1.165) is 25.1 Å². The minimum absolute atomic E-state index is 0.147. The molecule has 2 rings (SSSR count). The molecular weight excluding hydrogens is 276 g/mol. The fourth-order valence-corrected chi connectivity index (χ4v) is 4.17. The van der Waals surface area contributed by atoms with Gasteiger partial charge >= 0.3 is 0 Å². The number of aliphatic hydroxyl groups excluding tert-OH is 1. The summed E-state index contributed by atoms with van der Waals surface area (Å²) in [5.41, 5.74) is 1.35. The van der Waals surface area contributed by atoms with E-state index in [4.69, 9.17) is 0 Å². The van der Waals surface area contributed by atoms with Gasteiger partial charge in [-0.05, 0) is 44.1 Å². The summed E-state index contributed by atoms with van der Waals surface area (Å²) in [5.74, 6) is 0. The lowest BCUT2D eigenvalue weighted by molar-refractivity contribution is 0.281. The van der Waals surface area contributed by atoms with Crippen molar-refractivity contribution in [3.05, 3.63) is 29.3 Å². The Balaban J connectivity index is 2.34. The summed E-state index contributed by atoms with van der Waals surface area (Å²) in [4.78, 5) is 2.46. The molecule has 1 aromatic rings. The first-order valence-electron chi connectivity index (χ1n) is 6.84. The van der Waals surface area contributed by atoms with Crippen LogP contribution in [0.2, 0.25) is 0 Å². The number of aliphatic hydroxyl groups is 1. The van der Waals surface area contributed by atoms with E-state index in [2.05, 4.69) is 4.90 Å². The standard InChI is InChI=1S/C14H22N2O3S/c1-12-4-5-13(11-17)10-14(12)20(18,19)16-7-3-6-15(2)8-9-16/h4-5,10,17H,3,6-9,11H2,1-2H3. The lowest BCUT2D eigenvalue weighted by Crippen LogP contribution is -2.34. The fraction of sp³-hybridized carbons (Fsp3) is 0.571. The maximum absolute atomic E-state index is 12.8. The Labute approximate surface area is 120 Å². The van der Waals surface area contributed by atoms with E-state index in [1.807, 2.05) is 7.05 Å². The first-order chi connectivity index (χ1) is 9.45. The van der Waals surface area contributed by atoms with Crippen molar-refractivity contribution in [2.75, 3.05) is 33.2 Å². The van der Waals surface area contributed by atoms with Gasteiger partial charge < -0.3 is 10.0 Å². The van der Waals surface area contributed by atoms with Gasteiger partial charge in [0.25, 0.3) is 0 Å². The van der Waals surface area contributed by atoms with Crippen molar-refractivity contribution < 1.29 is 13.5 Å². The van der Waals surface area contributed by atoms with Gasteiger partial charge in [-0.1, -0.05) is 12.1 Å². The summed E-state index contributed by atoms with van der Waals surface area (Å²) in [6.45, 7) is 4.38. The van der Waals surface area contributed by atoms with Crippen LogP contribution in [-0.4, -0.2) is 56.0 Å². The number of sulfonamides is 1. The normalized spacial score (nSPS) is 18.9. The van der Waals surface area contributed by atoms with Gasteiger partial charge in [-0.2, -0.15) is 4.31 Å². The zero-order valence-electron chi connectivity index (χ0n) is 12.0. The first-order valence-corrected chi connectivity index (χ1v) is 8.28. The van der Waals surface area contributed by atoms with Crippen LogP contribution >= 0.6 is 0 Å². The van der Waals surface area contributed by atoms with E-state index in [1.165, 1.54) is 0 Å². The van der Waals surface area contributed by atoms with Crippen molar-refractivity contribution in [2.45, 2.75) is 24.8 Å².